The summed E-state index contributed by atoms with van der Waals surface area (Å²) in [6.07, 6.45) is 0. The summed E-state index contributed by atoms with van der Waals surface area (Å²) in [6.45, 7) is 3.37. The van der Waals surface area contributed by atoms with Crippen LogP contribution in [0, 0.1) is 13.8 Å². The lowest BCUT2D eigenvalue weighted by Gasteiger charge is -2.17. The summed E-state index contributed by atoms with van der Waals surface area (Å²) in [6, 6.07) is 7.09. The number of methoxy groups -OCH3 is 1. The van der Waals surface area contributed by atoms with Gasteiger partial charge in [-0.3, -0.25) is 4.79 Å². The number of phenolic OH excluding ortho intramolecular Hbond substituents is 1. The number of nitrogens with zero attached hydrogens (tertiary/aromatic N) is 1. The number of benzene rings is 2. The maximum absolute atomic E-state index is 12.7. The molecule has 0 saturated heterocycles. The van der Waals surface area contributed by atoms with Crippen molar-refractivity contribution in [3.05, 3.63) is 52.6 Å². The number of phenols is 1. The Kier molecular flexibility index (Phi) is 6.10. The van der Waals surface area contributed by atoms with Gasteiger partial charge in [0.05, 0.1) is 17.7 Å². The lowest BCUT2D eigenvalue weighted by molar-refractivity contribution is 0.0597. The first kappa shape index (κ1) is 21.4. The molecule has 0 radical (unpaired) electrons. The van der Waals surface area contributed by atoms with E-state index in [1.807, 2.05) is 0 Å². The van der Waals surface area contributed by atoms with Crippen LogP contribution in [-0.2, 0) is 14.8 Å². The van der Waals surface area contributed by atoms with Gasteiger partial charge in [0.25, 0.3) is 5.91 Å². The number of ether oxygens (including phenoxy) is 1. The third-order valence-electron chi connectivity index (χ3n) is 4.33. The third-order valence-corrected chi connectivity index (χ3v) is 6.27. The van der Waals surface area contributed by atoms with Crippen LogP contribution in [0.15, 0.2) is 35.2 Å². The van der Waals surface area contributed by atoms with E-state index in [1.165, 1.54) is 45.5 Å². The number of sulfonamides is 1. The van der Waals surface area contributed by atoms with Gasteiger partial charge < -0.3 is 15.2 Å². The zero-order valence-corrected chi connectivity index (χ0v) is 17.0. The molecule has 0 bridgehead atoms. The molecule has 150 valence electrons. The van der Waals surface area contributed by atoms with Crippen molar-refractivity contribution in [2.75, 3.05) is 26.5 Å². The highest BCUT2D eigenvalue weighted by Gasteiger charge is 2.23. The first-order valence-corrected chi connectivity index (χ1v) is 9.70. The molecule has 0 aliphatic rings. The number of anilines is 1. The van der Waals surface area contributed by atoms with E-state index in [9.17, 15) is 23.1 Å². The summed E-state index contributed by atoms with van der Waals surface area (Å²) in [7, 11) is 0.250. The molecule has 2 N–H and O–H groups in total. The van der Waals surface area contributed by atoms with E-state index in [1.54, 1.807) is 19.9 Å². The van der Waals surface area contributed by atoms with Gasteiger partial charge in [-0.25, -0.2) is 17.5 Å². The Morgan fingerprint density at radius 3 is 2.36 bits per heavy atom. The monoisotopic (exact) mass is 406 g/mol. The Morgan fingerprint density at radius 2 is 1.79 bits per heavy atom. The Bertz CT molecular complexity index is 1040. The van der Waals surface area contributed by atoms with Gasteiger partial charge in [0.2, 0.25) is 10.0 Å². The van der Waals surface area contributed by atoms with Crippen LogP contribution in [0.3, 0.4) is 0 Å². The van der Waals surface area contributed by atoms with Crippen molar-refractivity contribution < 1.29 is 27.9 Å². The molecule has 8 nitrogen and oxygen atoms in total. The van der Waals surface area contributed by atoms with Gasteiger partial charge in [0.15, 0.2) is 5.75 Å². The number of aromatic hydroxyl groups is 1. The van der Waals surface area contributed by atoms with Crippen LogP contribution in [0.2, 0.25) is 0 Å². The highest BCUT2D eigenvalue weighted by atomic mass is 32.2. The number of hydrogen-bond acceptors (Lipinski definition) is 6. The summed E-state index contributed by atoms with van der Waals surface area (Å²) in [5.74, 6) is -1.82. The molecule has 9 heteroatoms. The normalized spacial score (nSPS) is 11.4. The van der Waals surface area contributed by atoms with Gasteiger partial charge in [-0.15, -0.1) is 0 Å². The molecule has 2 aromatic carbocycles. The molecule has 2 aromatic rings. The fraction of sp³-hybridized carbons (Fsp3) is 0.263. The lowest BCUT2D eigenvalue weighted by atomic mass is 10.1. The highest BCUT2D eigenvalue weighted by Crippen LogP contribution is 2.29. The number of hydrogen-bond donors (Lipinski definition) is 2. The van der Waals surface area contributed by atoms with Gasteiger partial charge in [0, 0.05) is 19.7 Å². The fourth-order valence-corrected chi connectivity index (χ4v) is 3.75. The molecule has 2 rings (SSSR count). The van der Waals surface area contributed by atoms with Crippen LogP contribution in [0.25, 0.3) is 0 Å². The molecule has 0 aliphatic heterocycles. The predicted molar refractivity (Wildman–Crippen MR) is 104 cm³/mol. The molecule has 0 saturated carbocycles. The highest BCUT2D eigenvalue weighted by molar-refractivity contribution is 7.89. The van der Waals surface area contributed by atoms with Crippen LogP contribution in [-0.4, -0.2) is 50.9 Å². The zero-order valence-electron chi connectivity index (χ0n) is 16.2. The molecule has 0 aliphatic carbocycles. The number of carbonyl (C=O) groups is 2. The summed E-state index contributed by atoms with van der Waals surface area (Å²) < 4.78 is 30.8. The van der Waals surface area contributed by atoms with E-state index in [0.717, 1.165) is 4.31 Å². The SMILES string of the molecule is COC(=O)c1cccc(NC(=O)c2cc(C)c(C)c(S(=O)(=O)N(C)C)c2)c1O. The molecule has 28 heavy (non-hydrogen) atoms. The molecule has 0 aromatic heterocycles. The molecule has 0 fully saturated rings. The number of esters is 1. The minimum atomic E-state index is -3.75. The molecule has 0 unspecified atom stereocenters. The van der Waals surface area contributed by atoms with Gasteiger partial charge in [-0.05, 0) is 49.2 Å². The van der Waals surface area contributed by atoms with Crippen molar-refractivity contribution in [3.8, 4) is 5.75 Å². The number of nitrogens with one attached hydrogen (secondary N) is 1. The smallest absolute Gasteiger partial charge is 0.341 e. The van der Waals surface area contributed by atoms with Crippen LogP contribution in [0.5, 0.6) is 5.75 Å². The van der Waals surface area contributed by atoms with Crippen molar-refractivity contribution in [1.82, 2.24) is 4.31 Å². The standard InChI is InChI=1S/C19H22N2O6S/c1-11-9-13(10-16(12(11)2)28(25,26)21(3)4)18(23)20-15-8-6-7-14(17(15)22)19(24)27-5/h6-10,22H,1-5H3,(H,20,23). The minimum Gasteiger partial charge on any atom is -0.505 e. The van der Waals surface area contributed by atoms with E-state index in [0.29, 0.717) is 11.1 Å². The van der Waals surface area contributed by atoms with E-state index >= 15 is 0 Å². The maximum Gasteiger partial charge on any atom is 0.341 e. The first-order valence-electron chi connectivity index (χ1n) is 8.26. The number of para-hydroxylation sites is 1. The van der Waals surface area contributed by atoms with Crippen molar-refractivity contribution in [2.45, 2.75) is 18.7 Å². The second kappa shape index (κ2) is 7.99. The zero-order chi connectivity index (χ0) is 21.2. The average Bonchev–Trinajstić information content (AvgIpc) is 2.64. The molecular weight excluding hydrogens is 384 g/mol. The Hall–Kier alpha value is -2.91. The number of aryl methyl sites for hydroxylation is 1. The number of amides is 1. The van der Waals surface area contributed by atoms with Gasteiger partial charge in [0.1, 0.15) is 5.56 Å². The number of carbonyl (C=O) groups excluding carboxylic acids is 2. The Balaban J connectivity index is 2.47. The topological polar surface area (TPSA) is 113 Å². The van der Waals surface area contributed by atoms with E-state index in [2.05, 4.69) is 10.1 Å². The Labute approximate surface area is 163 Å². The second-order valence-corrected chi connectivity index (χ2v) is 8.47. The van der Waals surface area contributed by atoms with Crippen LogP contribution >= 0.6 is 0 Å². The van der Waals surface area contributed by atoms with Crippen LogP contribution in [0.1, 0.15) is 31.8 Å². The van der Waals surface area contributed by atoms with Crippen molar-refractivity contribution in [3.63, 3.8) is 0 Å². The van der Waals surface area contributed by atoms with Crippen molar-refractivity contribution in [2.24, 2.45) is 0 Å². The fourth-order valence-electron chi connectivity index (χ4n) is 2.54. The Morgan fingerprint density at radius 1 is 1.14 bits per heavy atom. The van der Waals surface area contributed by atoms with Crippen LogP contribution in [0.4, 0.5) is 5.69 Å². The van der Waals surface area contributed by atoms with E-state index in [4.69, 9.17) is 0 Å². The van der Waals surface area contributed by atoms with Crippen molar-refractivity contribution in [1.29, 1.82) is 0 Å². The largest absolute Gasteiger partial charge is 0.505 e. The summed E-state index contributed by atoms with van der Waals surface area (Å²) >= 11 is 0. The maximum atomic E-state index is 12.7. The summed E-state index contributed by atoms with van der Waals surface area (Å²) in [5, 5.41) is 12.7. The van der Waals surface area contributed by atoms with Gasteiger partial charge in [-0.2, -0.15) is 0 Å². The van der Waals surface area contributed by atoms with E-state index in [-0.39, 0.29) is 21.7 Å². The summed E-state index contributed by atoms with van der Waals surface area (Å²) in [5.41, 5.74) is 1.17. The minimum absolute atomic E-state index is 0.00291. The summed E-state index contributed by atoms with van der Waals surface area (Å²) in [4.78, 5) is 24.4. The quantitative estimate of drug-likeness (QED) is 0.582. The van der Waals surface area contributed by atoms with Gasteiger partial charge >= 0.3 is 5.97 Å². The molecule has 1 amide bonds. The third kappa shape index (κ3) is 4.00. The first-order chi connectivity index (χ1) is 13.0. The lowest BCUT2D eigenvalue weighted by Crippen LogP contribution is -2.24. The molecule has 0 spiro atoms. The molecule has 0 atom stereocenters. The average molecular weight is 406 g/mol. The molecule has 0 heterocycles. The predicted octanol–water partition coefficient (Wildman–Crippen LogP) is 2.30. The second-order valence-electron chi connectivity index (χ2n) is 6.35. The van der Waals surface area contributed by atoms with Gasteiger partial charge in [-0.1, -0.05) is 6.07 Å². The number of rotatable bonds is 5. The van der Waals surface area contributed by atoms with Crippen molar-refractivity contribution >= 4 is 27.6 Å². The van der Waals surface area contributed by atoms with E-state index < -0.39 is 27.6 Å². The van der Waals surface area contributed by atoms with Crippen LogP contribution < -0.4 is 5.32 Å². The molecular formula is C19H22N2O6S.